The van der Waals surface area contributed by atoms with Gasteiger partial charge in [-0.2, -0.15) is 0 Å². The minimum atomic E-state index is -0.122. The van der Waals surface area contributed by atoms with Crippen LogP contribution in [-0.4, -0.2) is 30.2 Å². The number of nitrogens with two attached hydrogens (primary N) is 1. The highest BCUT2D eigenvalue weighted by Gasteiger charge is 2.27. The monoisotopic (exact) mass is 230 g/mol. The average Bonchev–Trinajstić information content (AvgIpc) is 2.17. The van der Waals surface area contributed by atoms with E-state index >= 15 is 0 Å². The number of nitrogens with one attached hydrogen (secondary N) is 1. The molecule has 0 fully saturated rings. The molecule has 0 radical (unpaired) electrons. The van der Waals surface area contributed by atoms with E-state index in [1.54, 1.807) is 0 Å². The second-order valence-electron chi connectivity index (χ2n) is 5.28. The second-order valence-corrected chi connectivity index (χ2v) is 5.28. The van der Waals surface area contributed by atoms with Crippen molar-refractivity contribution in [3.63, 3.8) is 0 Å². The van der Waals surface area contributed by atoms with E-state index in [4.69, 9.17) is 10.8 Å². The Bertz CT molecular complexity index is 208. The van der Waals surface area contributed by atoms with Crippen molar-refractivity contribution >= 4 is 5.91 Å². The summed E-state index contributed by atoms with van der Waals surface area (Å²) in [7, 11) is 0. The van der Waals surface area contributed by atoms with Crippen LogP contribution >= 0.6 is 0 Å². The predicted octanol–water partition coefficient (Wildman–Crippen LogP) is 0.885. The number of carbonyl (C=O) groups is 1. The van der Waals surface area contributed by atoms with Gasteiger partial charge in [-0.3, -0.25) is 4.79 Å². The van der Waals surface area contributed by atoms with E-state index in [1.807, 2.05) is 6.92 Å². The Labute approximate surface area is 98.6 Å². The van der Waals surface area contributed by atoms with Crippen molar-refractivity contribution in [2.75, 3.05) is 13.2 Å². The molecule has 0 aliphatic carbocycles. The van der Waals surface area contributed by atoms with Gasteiger partial charge in [0.1, 0.15) is 0 Å². The number of amides is 1. The van der Waals surface area contributed by atoms with Crippen molar-refractivity contribution in [3.8, 4) is 0 Å². The van der Waals surface area contributed by atoms with Crippen LogP contribution in [-0.2, 0) is 4.79 Å². The third-order valence-corrected chi connectivity index (χ3v) is 2.93. The molecule has 0 saturated carbocycles. The van der Waals surface area contributed by atoms with E-state index in [0.717, 1.165) is 6.42 Å². The highest BCUT2D eigenvalue weighted by atomic mass is 16.3. The lowest BCUT2D eigenvalue weighted by Gasteiger charge is -2.32. The Morgan fingerprint density at radius 1 is 1.44 bits per heavy atom. The number of rotatable bonds is 6. The van der Waals surface area contributed by atoms with E-state index in [0.29, 0.717) is 13.0 Å². The fourth-order valence-corrected chi connectivity index (χ4v) is 1.60. The molecule has 0 aliphatic rings. The summed E-state index contributed by atoms with van der Waals surface area (Å²) in [6, 6.07) is -0.00870. The van der Waals surface area contributed by atoms with Gasteiger partial charge in [0.25, 0.3) is 0 Å². The van der Waals surface area contributed by atoms with Crippen molar-refractivity contribution in [2.24, 2.45) is 17.1 Å². The zero-order valence-electron chi connectivity index (χ0n) is 10.9. The molecule has 1 amide bonds. The van der Waals surface area contributed by atoms with Crippen LogP contribution in [0.4, 0.5) is 0 Å². The van der Waals surface area contributed by atoms with Crippen LogP contribution in [0.5, 0.6) is 0 Å². The van der Waals surface area contributed by atoms with Crippen molar-refractivity contribution in [3.05, 3.63) is 0 Å². The summed E-state index contributed by atoms with van der Waals surface area (Å²) in [5, 5.41) is 12.0. The van der Waals surface area contributed by atoms with Gasteiger partial charge in [-0.25, -0.2) is 0 Å². The molecule has 0 aromatic rings. The third-order valence-electron chi connectivity index (χ3n) is 2.93. The summed E-state index contributed by atoms with van der Waals surface area (Å²) >= 11 is 0. The highest BCUT2D eigenvalue weighted by molar-refractivity contribution is 5.79. The van der Waals surface area contributed by atoms with Crippen LogP contribution in [0.2, 0.25) is 0 Å². The Morgan fingerprint density at radius 2 is 2.00 bits per heavy atom. The topological polar surface area (TPSA) is 75.4 Å². The van der Waals surface area contributed by atoms with Crippen LogP contribution in [0.3, 0.4) is 0 Å². The maximum Gasteiger partial charge on any atom is 0.224 e. The Hall–Kier alpha value is -0.610. The first-order valence-electron chi connectivity index (χ1n) is 5.98. The maximum absolute atomic E-state index is 11.9. The molecule has 0 aromatic carbocycles. The normalized spacial score (nSPS) is 15.6. The Morgan fingerprint density at radius 3 is 2.31 bits per heavy atom. The van der Waals surface area contributed by atoms with E-state index in [9.17, 15) is 4.79 Å². The van der Waals surface area contributed by atoms with E-state index in [1.165, 1.54) is 0 Å². The van der Waals surface area contributed by atoms with Crippen molar-refractivity contribution in [1.29, 1.82) is 0 Å². The number of hydrogen-bond acceptors (Lipinski definition) is 3. The molecule has 0 rings (SSSR count). The molecule has 2 atom stereocenters. The van der Waals surface area contributed by atoms with Crippen LogP contribution in [0.15, 0.2) is 0 Å². The molecular weight excluding hydrogens is 204 g/mol. The Kier molecular flexibility index (Phi) is 6.60. The Balaban J connectivity index is 4.45. The van der Waals surface area contributed by atoms with Gasteiger partial charge in [0.2, 0.25) is 5.91 Å². The van der Waals surface area contributed by atoms with Gasteiger partial charge >= 0.3 is 0 Å². The summed E-state index contributed by atoms with van der Waals surface area (Å²) in [6.45, 7) is 8.57. The largest absolute Gasteiger partial charge is 0.396 e. The van der Waals surface area contributed by atoms with Crippen molar-refractivity contribution < 1.29 is 9.90 Å². The molecule has 16 heavy (non-hydrogen) atoms. The SMILES string of the molecule is CCC(CN)C(=O)NC(CCO)C(C)(C)C. The third kappa shape index (κ3) is 4.94. The minimum absolute atomic E-state index is 0.00150. The minimum Gasteiger partial charge on any atom is -0.396 e. The fraction of sp³-hybridized carbons (Fsp3) is 0.917. The van der Waals surface area contributed by atoms with Crippen LogP contribution in [0.1, 0.15) is 40.5 Å². The lowest BCUT2D eigenvalue weighted by atomic mass is 9.84. The number of aliphatic hydroxyl groups is 1. The lowest BCUT2D eigenvalue weighted by molar-refractivity contribution is -0.126. The molecule has 4 nitrogen and oxygen atoms in total. The average molecular weight is 230 g/mol. The van der Waals surface area contributed by atoms with Gasteiger partial charge in [-0.05, 0) is 18.3 Å². The van der Waals surface area contributed by atoms with Crippen molar-refractivity contribution in [2.45, 2.75) is 46.6 Å². The van der Waals surface area contributed by atoms with Gasteiger partial charge in [0.15, 0.2) is 0 Å². The highest BCUT2D eigenvalue weighted by Crippen LogP contribution is 2.22. The summed E-state index contributed by atoms with van der Waals surface area (Å²) in [5.41, 5.74) is 5.48. The standard InChI is InChI=1S/C12H26N2O2/c1-5-9(8-13)11(16)14-10(6-7-15)12(2,3)4/h9-10,15H,5-8,13H2,1-4H3,(H,14,16). The molecule has 0 aromatic heterocycles. The van der Waals surface area contributed by atoms with Gasteiger partial charge in [-0.1, -0.05) is 27.7 Å². The smallest absolute Gasteiger partial charge is 0.224 e. The van der Waals surface area contributed by atoms with E-state index < -0.39 is 0 Å². The molecule has 0 heterocycles. The first-order chi connectivity index (χ1) is 7.36. The molecular formula is C12H26N2O2. The summed E-state index contributed by atoms with van der Waals surface area (Å²) < 4.78 is 0. The van der Waals surface area contributed by atoms with Gasteiger partial charge in [-0.15, -0.1) is 0 Å². The maximum atomic E-state index is 11.9. The molecule has 4 N–H and O–H groups in total. The summed E-state index contributed by atoms with van der Waals surface area (Å²) in [5.74, 6) is -0.123. The molecule has 96 valence electrons. The van der Waals surface area contributed by atoms with Gasteiger partial charge < -0.3 is 16.2 Å². The van der Waals surface area contributed by atoms with E-state index in [2.05, 4.69) is 26.1 Å². The molecule has 0 saturated heterocycles. The first-order valence-corrected chi connectivity index (χ1v) is 5.98. The lowest BCUT2D eigenvalue weighted by Crippen LogP contribution is -2.47. The van der Waals surface area contributed by atoms with Crippen LogP contribution in [0.25, 0.3) is 0 Å². The fourth-order valence-electron chi connectivity index (χ4n) is 1.60. The summed E-state index contributed by atoms with van der Waals surface area (Å²) in [6.07, 6.45) is 1.33. The van der Waals surface area contributed by atoms with E-state index in [-0.39, 0.29) is 29.9 Å². The molecule has 0 aliphatic heterocycles. The zero-order valence-corrected chi connectivity index (χ0v) is 10.9. The molecule has 2 unspecified atom stereocenters. The van der Waals surface area contributed by atoms with Crippen molar-refractivity contribution in [1.82, 2.24) is 5.32 Å². The quantitative estimate of drug-likeness (QED) is 0.634. The first kappa shape index (κ1) is 15.4. The van der Waals surface area contributed by atoms with Crippen LogP contribution in [0, 0.1) is 11.3 Å². The predicted molar refractivity (Wildman–Crippen MR) is 65.9 cm³/mol. The van der Waals surface area contributed by atoms with Gasteiger partial charge in [0, 0.05) is 25.1 Å². The molecule has 4 heteroatoms. The summed E-state index contributed by atoms with van der Waals surface area (Å²) in [4.78, 5) is 11.9. The second kappa shape index (κ2) is 6.86. The molecule has 0 spiro atoms. The van der Waals surface area contributed by atoms with Gasteiger partial charge in [0.05, 0.1) is 0 Å². The van der Waals surface area contributed by atoms with Crippen LogP contribution < -0.4 is 11.1 Å². The number of carbonyl (C=O) groups excluding carboxylic acids is 1. The zero-order chi connectivity index (χ0) is 12.8. The number of aliphatic hydroxyl groups excluding tert-OH is 1. The molecule has 0 bridgehead atoms. The number of hydrogen-bond donors (Lipinski definition) is 3.